The summed E-state index contributed by atoms with van der Waals surface area (Å²) < 4.78 is 0. The molecular formula is C12H14Cl2N2O. The van der Waals surface area contributed by atoms with E-state index in [-0.39, 0.29) is 11.9 Å². The third kappa shape index (κ3) is 2.92. The molecule has 1 saturated heterocycles. The molecular weight excluding hydrogens is 259 g/mol. The van der Waals surface area contributed by atoms with E-state index < -0.39 is 0 Å². The topological polar surface area (TPSA) is 41.1 Å². The molecule has 0 aliphatic carbocycles. The maximum absolute atomic E-state index is 11.9. The van der Waals surface area contributed by atoms with Crippen LogP contribution in [0.3, 0.4) is 0 Å². The lowest BCUT2D eigenvalue weighted by atomic mass is 10.2. The fraction of sp³-hybridized carbons (Fsp3) is 0.417. The molecule has 2 rings (SSSR count). The van der Waals surface area contributed by atoms with Crippen molar-refractivity contribution in [2.24, 2.45) is 0 Å². The number of halogens is 2. The predicted octanol–water partition coefficient (Wildman–Crippen LogP) is 2.99. The van der Waals surface area contributed by atoms with Crippen molar-refractivity contribution in [2.75, 3.05) is 11.9 Å². The molecule has 3 nitrogen and oxygen atoms in total. The quantitative estimate of drug-likeness (QED) is 0.869. The van der Waals surface area contributed by atoms with Crippen molar-refractivity contribution in [3.05, 3.63) is 27.7 Å². The Kier molecular flexibility index (Phi) is 3.92. The molecule has 0 spiro atoms. The number of aryl methyl sites for hydroxylation is 1. The SMILES string of the molecule is Cc1cc(Cl)c(NC(=O)[C@@H]2CCCN2)cc1Cl. The lowest BCUT2D eigenvalue weighted by Gasteiger charge is -2.13. The summed E-state index contributed by atoms with van der Waals surface area (Å²) in [7, 11) is 0. The van der Waals surface area contributed by atoms with Crippen LogP contribution in [0.15, 0.2) is 12.1 Å². The molecule has 0 radical (unpaired) electrons. The largest absolute Gasteiger partial charge is 0.323 e. The highest BCUT2D eigenvalue weighted by Crippen LogP contribution is 2.29. The standard InChI is InChI=1S/C12H14Cl2N2O/c1-7-5-9(14)11(6-8(7)13)16-12(17)10-3-2-4-15-10/h5-6,10,15H,2-4H2,1H3,(H,16,17)/t10-/m0/s1. The highest BCUT2D eigenvalue weighted by Gasteiger charge is 2.22. The molecule has 1 aliphatic heterocycles. The summed E-state index contributed by atoms with van der Waals surface area (Å²) in [6.07, 6.45) is 1.89. The Bertz CT molecular complexity index is 442. The van der Waals surface area contributed by atoms with E-state index in [4.69, 9.17) is 23.2 Å². The van der Waals surface area contributed by atoms with Crippen LogP contribution in [0, 0.1) is 6.92 Å². The van der Waals surface area contributed by atoms with E-state index in [9.17, 15) is 4.79 Å². The number of hydrogen-bond acceptors (Lipinski definition) is 2. The van der Waals surface area contributed by atoms with Gasteiger partial charge in [0.2, 0.25) is 5.91 Å². The molecule has 0 saturated carbocycles. The van der Waals surface area contributed by atoms with Gasteiger partial charge in [-0.05, 0) is 44.0 Å². The number of anilines is 1. The second kappa shape index (κ2) is 5.25. The molecule has 2 N–H and O–H groups in total. The average Bonchev–Trinajstić information content (AvgIpc) is 2.79. The fourth-order valence-electron chi connectivity index (χ4n) is 1.87. The Labute approximate surface area is 110 Å². The number of amides is 1. The first-order chi connectivity index (χ1) is 8.08. The summed E-state index contributed by atoms with van der Waals surface area (Å²) in [4.78, 5) is 11.9. The van der Waals surface area contributed by atoms with Gasteiger partial charge in [0.15, 0.2) is 0 Å². The summed E-state index contributed by atoms with van der Waals surface area (Å²) in [6, 6.07) is 3.32. The lowest BCUT2D eigenvalue weighted by Crippen LogP contribution is -2.35. The highest BCUT2D eigenvalue weighted by molar-refractivity contribution is 6.36. The van der Waals surface area contributed by atoms with Crippen LogP contribution in [0.4, 0.5) is 5.69 Å². The molecule has 0 aromatic heterocycles. The zero-order chi connectivity index (χ0) is 12.4. The van der Waals surface area contributed by atoms with E-state index in [2.05, 4.69) is 10.6 Å². The van der Waals surface area contributed by atoms with Gasteiger partial charge in [0.05, 0.1) is 16.8 Å². The van der Waals surface area contributed by atoms with Crippen LogP contribution < -0.4 is 10.6 Å². The van der Waals surface area contributed by atoms with Gasteiger partial charge in [-0.2, -0.15) is 0 Å². The molecule has 1 amide bonds. The molecule has 1 aliphatic rings. The zero-order valence-corrected chi connectivity index (χ0v) is 11.0. The Morgan fingerprint density at radius 2 is 2.18 bits per heavy atom. The summed E-state index contributed by atoms with van der Waals surface area (Å²) in [5, 5.41) is 7.05. The van der Waals surface area contributed by atoms with Gasteiger partial charge in [0, 0.05) is 5.02 Å². The normalized spacial score (nSPS) is 19.4. The number of benzene rings is 1. The highest BCUT2D eigenvalue weighted by atomic mass is 35.5. The van der Waals surface area contributed by atoms with Crippen LogP contribution in [-0.2, 0) is 4.79 Å². The van der Waals surface area contributed by atoms with E-state index in [0.717, 1.165) is 24.9 Å². The zero-order valence-electron chi connectivity index (χ0n) is 9.52. The Morgan fingerprint density at radius 3 is 2.82 bits per heavy atom. The lowest BCUT2D eigenvalue weighted by molar-refractivity contribution is -0.117. The minimum absolute atomic E-state index is 0.0516. The summed E-state index contributed by atoms with van der Waals surface area (Å²) in [6.45, 7) is 2.76. The molecule has 1 aromatic rings. The van der Waals surface area contributed by atoms with E-state index in [1.54, 1.807) is 12.1 Å². The summed E-state index contributed by atoms with van der Waals surface area (Å²) >= 11 is 12.1. The molecule has 17 heavy (non-hydrogen) atoms. The molecule has 1 aromatic carbocycles. The third-order valence-electron chi connectivity index (χ3n) is 2.88. The van der Waals surface area contributed by atoms with Crippen molar-refractivity contribution >= 4 is 34.8 Å². The van der Waals surface area contributed by atoms with Gasteiger partial charge in [-0.15, -0.1) is 0 Å². The summed E-state index contributed by atoms with van der Waals surface area (Å²) in [5.74, 6) is -0.0516. The molecule has 0 unspecified atom stereocenters. The second-order valence-electron chi connectivity index (χ2n) is 4.22. The Balaban J connectivity index is 2.12. The van der Waals surface area contributed by atoms with Crippen LogP contribution in [0.25, 0.3) is 0 Å². The van der Waals surface area contributed by atoms with E-state index in [1.165, 1.54) is 0 Å². The minimum atomic E-state index is -0.119. The van der Waals surface area contributed by atoms with Gasteiger partial charge in [0.1, 0.15) is 0 Å². The van der Waals surface area contributed by atoms with Crippen molar-refractivity contribution in [2.45, 2.75) is 25.8 Å². The minimum Gasteiger partial charge on any atom is -0.323 e. The van der Waals surface area contributed by atoms with Crippen molar-refractivity contribution in [1.29, 1.82) is 0 Å². The van der Waals surface area contributed by atoms with E-state index >= 15 is 0 Å². The maximum Gasteiger partial charge on any atom is 0.241 e. The van der Waals surface area contributed by atoms with Gasteiger partial charge in [-0.25, -0.2) is 0 Å². The van der Waals surface area contributed by atoms with Crippen LogP contribution in [0.1, 0.15) is 18.4 Å². The Morgan fingerprint density at radius 1 is 1.41 bits per heavy atom. The van der Waals surface area contributed by atoms with Crippen LogP contribution in [-0.4, -0.2) is 18.5 Å². The number of rotatable bonds is 2. The first kappa shape index (κ1) is 12.7. The van der Waals surface area contributed by atoms with Crippen LogP contribution >= 0.6 is 23.2 Å². The smallest absolute Gasteiger partial charge is 0.241 e. The monoisotopic (exact) mass is 272 g/mol. The fourth-order valence-corrected chi connectivity index (χ4v) is 2.30. The predicted molar refractivity (Wildman–Crippen MR) is 70.9 cm³/mol. The number of carbonyl (C=O) groups is 1. The first-order valence-corrected chi connectivity index (χ1v) is 6.33. The number of carbonyl (C=O) groups excluding carboxylic acids is 1. The van der Waals surface area contributed by atoms with Gasteiger partial charge >= 0.3 is 0 Å². The number of nitrogens with one attached hydrogen (secondary N) is 2. The summed E-state index contributed by atoms with van der Waals surface area (Å²) in [5.41, 5.74) is 1.47. The van der Waals surface area contributed by atoms with Crippen LogP contribution in [0.2, 0.25) is 10.0 Å². The molecule has 5 heteroatoms. The molecule has 0 bridgehead atoms. The molecule has 1 atom stereocenters. The molecule has 92 valence electrons. The van der Waals surface area contributed by atoms with Crippen molar-refractivity contribution in [3.8, 4) is 0 Å². The first-order valence-electron chi connectivity index (χ1n) is 5.58. The number of hydrogen-bond donors (Lipinski definition) is 2. The van der Waals surface area contributed by atoms with E-state index in [0.29, 0.717) is 15.7 Å². The van der Waals surface area contributed by atoms with Crippen LogP contribution in [0.5, 0.6) is 0 Å². The molecule has 1 heterocycles. The third-order valence-corrected chi connectivity index (χ3v) is 3.60. The van der Waals surface area contributed by atoms with Crippen molar-refractivity contribution < 1.29 is 4.79 Å². The van der Waals surface area contributed by atoms with E-state index in [1.807, 2.05) is 6.92 Å². The van der Waals surface area contributed by atoms with Crippen molar-refractivity contribution in [1.82, 2.24) is 5.32 Å². The van der Waals surface area contributed by atoms with Gasteiger partial charge in [0.25, 0.3) is 0 Å². The maximum atomic E-state index is 11.9. The van der Waals surface area contributed by atoms with Crippen molar-refractivity contribution in [3.63, 3.8) is 0 Å². The van der Waals surface area contributed by atoms with Gasteiger partial charge in [-0.1, -0.05) is 23.2 Å². The van der Waals surface area contributed by atoms with Gasteiger partial charge < -0.3 is 10.6 Å². The van der Waals surface area contributed by atoms with Gasteiger partial charge in [-0.3, -0.25) is 4.79 Å². The average molecular weight is 273 g/mol. The molecule has 1 fully saturated rings. The Hall–Kier alpha value is -0.770. The second-order valence-corrected chi connectivity index (χ2v) is 5.03.